The second-order valence-corrected chi connectivity index (χ2v) is 5.35. The fourth-order valence-electron chi connectivity index (χ4n) is 1.26. The first-order valence-electron chi connectivity index (χ1n) is 7.64. The van der Waals surface area contributed by atoms with E-state index in [9.17, 15) is 0 Å². The smallest absolute Gasteiger partial charge is 0.0297 e. The van der Waals surface area contributed by atoms with Crippen LogP contribution in [0.2, 0.25) is 0 Å². The molecule has 0 saturated heterocycles. The van der Waals surface area contributed by atoms with Crippen LogP contribution in [0, 0.1) is 6.92 Å². The molecule has 0 aliphatic carbocycles. The summed E-state index contributed by atoms with van der Waals surface area (Å²) >= 11 is 1.75. The lowest BCUT2D eigenvalue weighted by molar-refractivity contribution is 1.13. The topological polar surface area (TPSA) is 12.9 Å². The molecule has 0 aromatic carbocycles. The van der Waals surface area contributed by atoms with Crippen LogP contribution in [0.25, 0.3) is 0 Å². The van der Waals surface area contributed by atoms with Crippen molar-refractivity contribution in [3.05, 3.63) is 77.5 Å². The molecule has 1 aromatic heterocycles. The monoisotopic (exact) mass is 317 g/mol. The zero-order valence-corrected chi connectivity index (χ0v) is 15.8. The van der Waals surface area contributed by atoms with Gasteiger partial charge < -0.3 is 0 Å². The predicted molar refractivity (Wildman–Crippen MR) is 105 cm³/mol. The molecule has 0 N–H and O–H groups in total. The second-order valence-electron chi connectivity index (χ2n) is 4.30. The largest absolute Gasteiger partial charge is 0.264 e. The first-order chi connectivity index (χ1) is 10.5. The first-order valence-corrected chi connectivity index (χ1v) is 8.87. The Morgan fingerprint density at radius 3 is 2.27 bits per heavy atom. The van der Waals surface area contributed by atoms with Crippen LogP contribution in [-0.4, -0.2) is 11.2 Å². The molecule has 0 unspecified atom stereocenters. The van der Waals surface area contributed by atoms with Gasteiger partial charge in [-0.15, -0.1) is 11.8 Å². The van der Waals surface area contributed by atoms with Crippen molar-refractivity contribution in [2.45, 2.75) is 41.0 Å². The van der Waals surface area contributed by atoms with Crippen LogP contribution < -0.4 is 0 Å². The minimum Gasteiger partial charge on any atom is -0.264 e. The Morgan fingerprint density at radius 1 is 1.32 bits per heavy atom. The van der Waals surface area contributed by atoms with Gasteiger partial charge in [0.2, 0.25) is 0 Å². The molecule has 0 aliphatic heterocycles. The summed E-state index contributed by atoms with van der Waals surface area (Å²) in [4.78, 5) is 5.18. The van der Waals surface area contributed by atoms with E-state index >= 15 is 0 Å². The lowest BCUT2D eigenvalue weighted by Crippen LogP contribution is -1.81. The van der Waals surface area contributed by atoms with Crippen LogP contribution in [0.4, 0.5) is 0 Å². The van der Waals surface area contributed by atoms with Crippen molar-refractivity contribution in [1.29, 1.82) is 0 Å². The number of aryl methyl sites for hydroxylation is 1. The third-order valence-corrected chi connectivity index (χ3v) is 3.46. The molecule has 0 saturated carbocycles. The summed E-state index contributed by atoms with van der Waals surface area (Å²) in [5.74, 6) is 0. The zero-order valence-electron chi connectivity index (χ0n) is 15.0. The van der Waals surface area contributed by atoms with E-state index in [0.717, 1.165) is 17.6 Å². The molecule has 0 aliphatic rings. The first kappa shape index (κ1) is 22.7. The van der Waals surface area contributed by atoms with Gasteiger partial charge in [-0.25, -0.2) is 0 Å². The normalized spacial score (nSPS) is 10.6. The zero-order chi connectivity index (χ0) is 17.4. The average Bonchev–Trinajstić information content (AvgIpc) is 2.57. The van der Waals surface area contributed by atoms with Gasteiger partial charge in [0.05, 0.1) is 0 Å². The van der Waals surface area contributed by atoms with Crippen molar-refractivity contribution in [3.8, 4) is 0 Å². The highest BCUT2D eigenvalue weighted by molar-refractivity contribution is 8.02. The molecule has 22 heavy (non-hydrogen) atoms. The number of allylic oxidation sites excluding steroid dienone is 6. The minimum atomic E-state index is 0.976. The maximum Gasteiger partial charge on any atom is 0.0297 e. The lowest BCUT2D eigenvalue weighted by atomic mass is 10.1. The summed E-state index contributed by atoms with van der Waals surface area (Å²) in [6, 6.07) is 3.95. The average molecular weight is 318 g/mol. The van der Waals surface area contributed by atoms with Crippen LogP contribution in [0.3, 0.4) is 0 Å². The molecule has 1 rings (SSSR count). The molecule has 0 radical (unpaired) electrons. The quantitative estimate of drug-likeness (QED) is 0.557. The maximum absolute atomic E-state index is 3.97. The summed E-state index contributed by atoms with van der Waals surface area (Å²) in [5.41, 5.74) is 3.48. The van der Waals surface area contributed by atoms with E-state index in [4.69, 9.17) is 0 Å². The van der Waals surface area contributed by atoms with Crippen molar-refractivity contribution in [2.75, 3.05) is 6.26 Å². The summed E-state index contributed by atoms with van der Waals surface area (Å²) in [5, 5.41) is 0. The summed E-state index contributed by atoms with van der Waals surface area (Å²) < 4.78 is 0. The van der Waals surface area contributed by atoms with Crippen molar-refractivity contribution < 1.29 is 0 Å². The number of hydrogen-bond donors (Lipinski definition) is 0. The lowest BCUT2D eigenvalue weighted by Gasteiger charge is -2.01. The number of rotatable bonds is 5. The molecule has 2 heteroatoms. The summed E-state index contributed by atoms with van der Waals surface area (Å²) in [7, 11) is 0. The Bertz CT molecular complexity index is 470. The Labute approximate surface area is 142 Å². The molecule has 0 atom stereocenters. The van der Waals surface area contributed by atoms with Crippen molar-refractivity contribution in [1.82, 2.24) is 4.98 Å². The molecule has 122 valence electrons. The molecule has 0 fully saturated rings. The Morgan fingerprint density at radius 2 is 1.95 bits per heavy atom. The molecular formula is C20H31NS. The molecule has 1 aromatic rings. The van der Waals surface area contributed by atoms with Gasteiger partial charge in [0.15, 0.2) is 0 Å². The van der Waals surface area contributed by atoms with Crippen LogP contribution in [0.5, 0.6) is 0 Å². The minimum absolute atomic E-state index is 0.976. The van der Waals surface area contributed by atoms with Crippen LogP contribution in [-0.2, 0) is 0 Å². The SMILES string of the molecule is C=C/C(=C\C=C(/C)SC)C(=C)CC.CC.Cc1cccnc1. The van der Waals surface area contributed by atoms with Crippen molar-refractivity contribution in [2.24, 2.45) is 0 Å². The molecule has 0 amide bonds. The van der Waals surface area contributed by atoms with Crippen LogP contribution in [0.15, 0.2) is 72.0 Å². The van der Waals surface area contributed by atoms with E-state index in [0.29, 0.717) is 0 Å². The van der Waals surface area contributed by atoms with Gasteiger partial charge in [-0.1, -0.05) is 58.2 Å². The maximum atomic E-state index is 3.97. The molecular weight excluding hydrogens is 286 g/mol. The fourth-order valence-corrected chi connectivity index (χ4v) is 1.46. The number of aromatic nitrogens is 1. The fraction of sp³-hybridized carbons (Fsp3) is 0.350. The standard InChI is InChI=1S/C12H18S.C6H7N.C2H6/c1-6-10(3)12(7-2)9-8-11(4)13-5;1-6-3-2-4-7-5-6;1-2/h7-9H,2-3,6H2,1,4-5H3;2-5H,1H3;1-2H3/b11-8+,12-9+;;. The van der Waals surface area contributed by atoms with E-state index in [1.165, 1.54) is 10.5 Å². The molecule has 1 nitrogen and oxygen atoms in total. The van der Waals surface area contributed by atoms with E-state index in [2.05, 4.69) is 50.4 Å². The van der Waals surface area contributed by atoms with E-state index in [1.807, 2.05) is 45.2 Å². The van der Waals surface area contributed by atoms with Gasteiger partial charge in [0, 0.05) is 12.4 Å². The van der Waals surface area contributed by atoms with Gasteiger partial charge in [-0.2, -0.15) is 0 Å². The van der Waals surface area contributed by atoms with Crippen LogP contribution in [0.1, 0.15) is 39.7 Å². The number of hydrogen-bond acceptors (Lipinski definition) is 2. The number of thioether (sulfide) groups is 1. The third-order valence-electron chi connectivity index (χ3n) is 2.68. The highest BCUT2D eigenvalue weighted by atomic mass is 32.2. The van der Waals surface area contributed by atoms with Gasteiger partial charge in [0.25, 0.3) is 0 Å². The molecule has 0 spiro atoms. The Balaban J connectivity index is 0. The van der Waals surface area contributed by atoms with Gasteiger partial charge >= 0.3 is 0 Å². The highest BCUT2D eigenvalue weighted by Crippen LogP contribution is 2.15. The van der Waals surface area contributed by atoms with Crippen molar-refractivity contribution >= 4 is 11.8 Å². The van der Waals surface area contributed by atoms with Gasteiger partial charge in [-0.05, 0) is 54.2 Å². The predicted octanol–water partition coefficient (Wildman–Crippen LogP) is 6.75. The van der Waals surface area contributed by atoms with Crippen molar-refractivity contribution in [3.63, 3.8) is 0 Å². The Hall–Kier alpha value is -1.54. The summed E-state index contributed by atoms with van der Waals surface area (Å²) in [6.45, 7) is 18.0. The van der Waals surface area contributed by atoms with E-state index in [1.54, 1.807) is 18.0 Å². The molecule has 1 heterocycles. The number of pyridine rings is 1. The van der Waals surface area contributed by atoms with Gasteiger partial charge in [0.1, 0.15) is 0 Å². The number of nitrogens with zero attached hydrogens (tertiary/aromatic N) is 1. The summed E-state index contributed by atoms with van der Waals surface area (Å²) in [6.07, 6.45) is 12.7. The highest BCUT2D eigenvalue weighted by Gasteiger charge is 1.93. The third kappa shape index (κ3) is 12.2. The van der Waals surface area contributed by atoms with E-state index < -0.39 is 0 Å². The van der Waals surface area contributed by atoms with Crippen LogP contribution >= 0.6 is 11.8 Å². The second kappa shape index (κ2) is 15.8. The Kier molecular flexibility index (Phi) is 16.4. The van der Waals surface area contributed by atoms with Gasteiger partial charge in [-0.3, -0.25) is 4.98 Å². The molecule has 0 bridgehead atoms. The van der Waals surface area contributed by atoms with E-state index in [-0.39, 0.29) is 0 Å².